The van der Waals surface area contributed by atoms with E-state index < -0.39 is 12.0 Å². The lowest BCUT2D eigenvalue weighted by atomic mass is 9.98. The van der Waals surface area contributed by atoms with Crippen molar-refractivity contribution in [3.8, 4) is 0 Å². The molecule has 2 nitrogen and oxygen atoms in total. The van der Waals surface area contributed by atoms with E-state index in [1.807, 2.05) is 0 Å². The average Bonchev–Trinajstić information content (AvgIpc) is 2.28. The van der Waals surface area contributed by atoms with Crippen LogP contribution in [0.5, 0.6) is 0 Å². The summed E-state index contributed by atoms with van der Waals surface area (Å²) in [6, 6.07) is 0. The van der Waals surface area contributed by atoms with Crippen LogP contribution >= 0.6 is 11.5 Å². The average molecular weight is 210 g/mol. The molecule has 0 aliphatic rings. The first-order valence-corrected chi connectivity index (χ1v) is 4.40. The van der Waals surface area contributed by atoms with Gasteiger partial charge in [0.05, 0.1) is 0 Å². The third kappa shape index (κ3) is 2.40. The van der Waals surface area contributed by atoms with Crippen LogP contribution in [0, 0.1) is 0 Å². The van der Waals surface area contributed by atoms with E-state index in [-0.39, 0.29) is 5.41 Å². The molecule has 0 N–H and O–H groups in total. The van der Waals surface area contributed by atoms with Gasteiger partial charge in [-0.05, 0) is 11.5 Å². The van der Waals surface area contributed by atoms with E-state index in [0.717, 1.165) is 11.5 Å². The minimum atomic E-state index is -4.43. The molecule has 1 rings (SSSR count). The molecular formula is C7H9F3N2S. The normalized spacial score (nSPS) is 13.4. The molecule has 0 aliphatic carbocycles. The number of nitrogens with zero attached hydrogens (tertiary/aromatic N) is 2. The minimum absolute atomic E-state index is 0.374. The molecule has 0 bridgehead atoms. The maximum absolute atomic E-state index is 12.1. The van der Waals surface area contributed by atoms with E-state index in [1.54, 1.807) is 20.8 Å². The van der Waals surface area contributed by atoms with Crippen molar-refractivity contribution in [1.29, 1.82) is 0 Å². The Morgan fingerprint density at radius 3 is 1.92 bits per heavy atom. The molecule has 0 unspecified atom stereocenters. The molecule has 0 radical (unpaired) electrons. The van der Waals surface area contributed by atoms with E-state index in [9.17, 15) is 13.2 Å². The molecule has 6 heteroatoms. The van der Waals surface area contributed by atoms with Crippen molar-refractivity contribution >= 4 is 11.5 Å². The van der Waals surface area contributed by atoms with Crippen molar-refractivity contribution in [2.45, 2.75) is 32.4 Å². The lowest BCUT2D eigenvalue weighted by molar-refractivity contribution is -0.144. The zero-order valence-electron chi connectivity index (χ0n) is 7.44. The highest BCUT2D eigenvalue weighted by atomic mass is 32.1. The topological polar surface area (TPSA) is 25.8 Å². The van der Waals surface area contributed by atoms with Crippen LogP contribution in [-0.2, 0) is 11.6 Å². The second-order valence-electron chi connectivity index (χ2n) is 3.67. The standard InChI is InChI=1S/C7H9F3N2S/c1-6(2,3)5-11-4(12-13-5)7(8,9)10/h1-3H3. The van der Waals surface area contributed by atoms with E-state index in [0.29, 0.717) is 5.01 Å². The van der Waals surface area contributed by atoms with Crippen LogP contribution in [0.25, 0.3) is 0 Å². The Morgan fingerprint density at radius 1 is 1.15 bits per heavy atom. The SMILES string of the molecule is CC(C)(C)c1nc(C(F)(F)F)ns1. The fraction of sp³-hybridized carbons (Fsp3) is 0.714. The van der Waals surface area contributed by atoms with E-state index in [1.165, 1.54) is 0 Å². The number of hydrogen-bond donors (Lipinski definition) is 0. The summed E-state index contributed by atoms with van der Waals surface area (Å²) in [4.78, 5) is 3.44. The summed E-state index contributed by atoms with van der Waals surface area (Å²) < 4.78 is 39.5. The molecule has 0 aliphatic heterocycles. The van der Waals surface area contributed by atoms with Gasteiger partial charge in [-0.1, -0.05) is 20.8 Å². The van der Waals surface area contributed by atoms with Gasteiger partial charge in [-0.3, -0.25) is 0 Å². The number of hydrogen-bond acceptors (Lipinski definition) is 3. The predicted octanol–water partition coefficient (Wildman–Crippen LogP) is 2.85. The van der Waals surface area contributed by atoms with Crippen LogP contribution in [-0.4, -0.2) is 9.36 Å². The van der Waals surface area contributed by atoms with Crippen molar-refractivity contribution in [3.63, 3.8) is 0 Å². The smallest absolute Gasteiger partial charge is 0.216 e. The van der Waals surface area contributed by atoms with Crippen LogP contribution < -0.4 is 0 Å². The van der Waals surface area contributed by atoms with E-state index >= 15 is 0 Å². The largest absolute Gasteiger partial charge is 0.452 e. The maximum Gasteiger partial charge on any atom is 0.452 e. The summed E-state index contributed by atoms with van der Waals surface area (Å²) in [5, 5.41) is 0.403. The maximum atomic E-state index is 12.1. The van der Waals surface area contributed by atoms with E-state index in [4.69, 9.17) is 0 Å². The number of alkyl halides is 3. The van der Waals surface area contributed by atoms with Gasteiger partial charge in [-0.15, -0.1) is 0 Å². The molecule has 0 saturated heterocycles. The second-order valence-corrected chi connectivity index (χ2v) is 4.42. The minimum Gasteiger partial charge on any atom is -0.216 e. The molecule has 74 valence electrons. The third-order valence-corrected chi connectivity index (χ3v) is 2.46. The van der Waals surface area contributed by atoms with Gasteiger partial charge in [0.1, 0.15) is 5.01 Å². The summed E-state index contributed by atoms with van der Waals surface area (Å²) in [5.41, 5.74) is -0.374. The van der Waals surface area contributed by atoms with Gasteiger partial charge in [0, 0.05) is 5.41 Å². The summed E-state index contributed by atoms with van der Waals surface area (Å²) in [6.07, 6.45) is -4.43. The molecule has 0 fully saturated rings. The Bertz CT molecular complexity index is 269. The monoisotopic (exact) mass is 210 g/mol. The molecule has 0 aromatic carbocycles. The van der Waals surface area contributed by atoms with Crippen molar-refractivity contribution in [3.05, 3.63) is 10.8 Å². The molecular weight excluding hydrogens is 201 g/mol. The zero-order valence-corrected chi connectivity index (χ0v) is 8.25. The van der Waals surface area contributed by atoms with Crippen molar-refractivity contribution in [2.24, 2.45) is 0 Å². The van der Waals surface area contributed by atoms with Crippen LogP contribution in [0.2, 0.25) is 0 Å². The molecule has 0 amide bonds. The van der Waals surface area contributed by atoms with Crippen LogP contribution in [0.15, 0.2) is 0 Å². The molecule has 0 saturated carbocycles. The predicted molar refractivity (Wildman–Crippen MR) is 43.6 cm³/mol. The summed E-state index contributed by atoms with van der Waals surface area (Å²) >= 11 is 0.802. The Kier molecular flexibility index (Phi) is 2.36. The van der Waals surface area contributed by atoms with Crippen LogP contribution in [0.4, 0.5) is 13.2 Å². The Balaban J connectivity index is 3.01. The Morgan fingerprint density at radius 2 is 1.69 bits per heavy atom. The highest BCUT2D eigenvalue weighted by Crippen LogP contribution is 2.31. The van der Waals surface area contributed by atoms with Crippen LogP contribution in [0.3, 0.4) is 0 Å². The molecule has 1 aromatic heterocycles. The quantitative estimate of drug-likeness (QED) is 0.658. The first kappa shape index (κ1) is 10.4. The second kappa shape index (κ2) is 2.94. The number of rotatable bonds is 0. The van der Waals surface area contributed by atoms with Gasteiger partial charge >= 0.3 is 6.18 Å². The summed E-state index contributed by atoms with van der Waals surface area (Å²) in [7, 11) is 0. The Hall–Kier alpha value is -0.650. The molecule has 0 spiro atoms. The molecule has 1 aromatic rings. The number of aromatic nitrogens is 2. The van der Waals surface area contributed by atoms with E-state index in [2.05, 4.69) is 9.36 Å². The van der Waals surface area contributed by atoms with Crippen molar-refractivity contribution < 1.29 is 13.2 Å². The summed E-state index contributed by atoms with van der Waals surface area (Å²) in [6.45, 7) is 5.40. The highest BCUT2D eigenvalue weighted by molar-refractivity contribution is 7.05. The van der Waals surface area contributed by atoms with Gasteiger partial charge < -0.3 is 0 Å². The fourth-order valence-electron chi connectivity index (χ4n) is 0.643. The van der Waals surface area contributed by atoms with Gasteiger partial charge in [-0.25, -0.2) is 4.98 Å². The fourth-order valence-corrected chi connectivity index (χ4v) is 1.36. The first-order chi connectivity index (χ1) is 5.71. The lowest BCUT2D eigenvalue weighted by Crippen LogP contribution is -2.13. The lowest BCUT2D eigenvalue weighted by Gasteiger charge is -2.12. The van der Waals surface area contributed by atoms with Gasteiger partial charge in [0.2, 0.25) is 5.82 Å². The highest BCUT2D eigenvalue weighted by Gasteiger charge is 2.37. The van der Waals surface area contributed by atoms with Crippen molar-refractivity contribution in [1.82, 2.24) is 9.36 Å². The third-order valence-electron chi connectivity index (χ3n) is 1.32. The van der Waals surface area contributed by atoms with Gasteiger partial charge in [0.25, 0.3) is 0 Å². The van der Waals surface area contributed by atoms with Gasteiger partial charge in [0.15, 0.2) is 0 Å². The summed E-state index contributed by atoms with van der Waals surface area (Å²) in [5.74, 6) is -1.04. The van der Waals surface area contributed by atoms with Crippen LogP contribution in [0.1, 0.15) is 31.6 Å². The number of halogens is 3. The van der Waals surface area contributed by atoms with Crippen molar-refractivity contribution in [2.75, 3.05) is 0 Å². The first-order valence-electron chi connectivity index (χ1n) is 3.62. The zero-order chi connectivity index (χ0) is 10.3. The van der Waals surface area contributed by atoms with Gasteiger partial charge in [-0.2, -0.15) is 17.5 Å². The molecule has 1 heterocycles. The molecule has 0 atom stereocenters. The molecule has 13 heavy (non-hydrogen) atoms. The Labute approximate surface area is 78.0 Å².